The molecule has 26 heavy (non-hydrogen) atoms. The number of halogens is 3. The van der Waals surface area contributed by atoms with E-state index in [-0.39, 0.29) is 5.56 Å². The van der Waals surface area contributed by atoms with Crippen LogP contribution in [-0.4, -0.2) is 42.0 Å². The number of amides is 1. The third kappa shape index (κ3) is 3.85. The number of aromatic nitrogens is 1. The second-order valence-corrected chi connectivity index (χ2v) is 7.50. The van der Waals surface area contributed by atoms with Crippen molar-refractivity contribution in [1.82, 2.24) is 9.88 Å². The van der Waals surface area contributed by atoms with E-state index in [1.54, 1.807) is 11.3 Å². The Morgan fingerprint density at radius 2 is 1.85 bits per heavy atom. The highest BCUT2D eigenvalue weighted by Crippen LogP contribution is 2.32. The van der Waals surface area contributed by atoms with Crippen molar-refractivity contribution in [3.05, 3.63) is 46.0 Å². The molecule has 1 amide bonds. The molecule has 0 bridgehead atoms. The standard InChI is InChI=1S/C18H20F3N3OS/c1-12-13(2)26-17(22-12)24-9-5-8-23(10-11-24)16(25)14-6-3-4-7-15(14)18(19,20)21/h3-4,6-7H,5,8-11H2,1-2H3. The van der Waals surface area contributed by atoms with Crippen LogP contribution in [0.15, 0.2) is 24.3 Å². The number of rotatable bonds is 2. The quantitative estimate of drug-likeness (QED) is 0.782. The summed E-state index contributed by atoms with van der Waals surface area (Å²) in [6, 6.07) is 4.98. The van der Waals surface area contributed by atoms with Crippen molar-refractivity contribution in [2.24, 2.45) is 0 Å². The van der Waals surface area contributed by atoms with E-state index in [2.05, 4.69) is 9.88 Å². The molecule has 0 spiro atoms. The third-order valence-corrected chi connectivity index (χ3v) is 5.67. The van der Waals surface area contributed by atoms with Crippen LogP contribution in [0, 0.1) is 13.8 Å². The number of carbonyl (C=O) groups excluding carboxylic acids is 1. The molecule has 1 saturated heterocycles. The first kappa shape index (κ1) is 18.7. The molecule has 0 atom stereocenters. The zero-order valence-corrected chi connectivity index (χ0v) is 15.5. The summed E-state index contributed by atoms with van der Waals surface area (Å²) in [5.74, 6) is -0.564. The largest absolute Gasteiger partial charge is 0.417 e. The van der Waals surface area contributed by atoms with Gasteiger partial charge in [0.05, 0.1) is 16.8 Å². The molecule has 8 heteroatoms. The number of carbonyl (C=O) groups is 1. The van der Waals surface area contributed by atoms with Gasteiger partial charge in [-0.15, -0.1) is 11.3 Å². The Balaban J connectivity index is 1.76. The maximum absolute atomic E-state index is 13.2. The summed E-state index contributed by atoms with van der Waals surface area (Å²) in [5, 5.41) is 0.907. The summed E-state index contributed by atoms with van der Waals surface area (Å²) < 4.78 is 39.6. The molecular formula is C18H20F3N3OS. The van der Waals surface area contributed by atoms with Crippen LogP contribution in [0.25, 0.3) is 0 Å². The highest BCUT2D eigenvalue weighted by molar-refractivity contribution is 7.15. The van der Waals surface area contributed by atoms with Gasteiger partial charge in [-0.2, -0.15) is 13.2 Å². The van der Waals surface area contributed by atoms with Gasteiger partial charge in [0.15, 0.2) is 5.13 Å². The topological polar surface area (TPSA) is 36.4 Å². The summed E-state index contributed by atoms with van der Waals surface area (Å²) in [6.45, 7) is 6.08. The number of benzene rings is 1. The molecule has 0 unspecified atom stereocenters. The molecule has 1 fully saturated rings. The number of thiazole rings is 1. The van der Waals surface area contributed by atoms with Gasteiger partial charge in [0, 0.05) is 31.1 Å². The first-order valence-electron chi connectivity index (χ1n) is 8.42. The molecule has 2 aromatic rings. The van der Waals surface area contributed by atoms with Crippen molar-refractivity contribution >= 4 is 22.4 Å². The average molecular weight is 383 g/mol. The van der Waals surface area contributed by atoms with Crippen LogP contribution in [0.4, 0.5) is 18.3 Å². The molecular weight excluding hydrogens is 363 g/mol. The summed E-state index contributed by atoms with van der Waals surface area (Å²) >= 11 is 1.60. The number of hydrogen-bond donors (Lipinski definition) is 0. The van der Waals surface area contributed by atoms with Crippen LogP contribution < -0.4 is 4.90 Å². The lowest BCUT2D eigenvalue weighted by atomic mass is 10.1. The Bertz CT molecular complexity index is 784. The van der Waals surface area contributed by atoms with Crippen LogP contribution >= 0.6 is 11.3 Å². The minimum absolute atomic E-state index is 0.283. The SMILES string of the molecule is Cc1nc(N2CCCN(C(=O)c3ccccc3C(F)(F)F)CC2)sc1C. The van der Waals surface area contributed by atoms with Gasteiger partial charge in [-0.1, -0.05) is 12.1 Å². The minimum Gasteiger partial charge on any atom is -0.346 e. The smallest absolute Gasteiger partial charge is 0.346 e. The summed E-state index contributed by atoms with van der Waals surface area (Å²) in [4.78, 5) is 22.0. The molecule has 2 heterocycles. The van der Waals surface area contributed by atoms with Crippen LogP contribution in [-0.2, 0) is 6.18 Å². The Morgan fingerprint density at radius 1 is 1.12 bits per heavy atom. The minimum atomic E-state index is -4.54. The lowest BCUT2D eigenvalue weighted by Gasteiger charge is -2.23. The highest BCUT2D eigenvalue weighted by atomic mass is 32.1. The van der Waals surface area contributed by atoms with Gasteiger partial charge in [-0.3, -0.25) is 4.79 Å². The Hall–Kier alpha value is -2.09. The van der Waals surface area contributed by atoms with Gasteiger partial charge in [0.2, 0.25) is 0 Å². The van der Waals surface area contributed by atoms with E-state index in [0.29, 0.717) is 26.1 Å². The van der Waals surface area contributed by atoms with Crippen molar-refractivity contribution in [2.75, 3.05) is 31.1 Å². The molecule has 1 aromatic heterocycles. The van der Waals surface area contributed by atoms with Crippen LogP contribution in [0.1, 0.15) is 32.9 Å². The molecule has 0 N–H and O–H groups in total. The lowest BCUT2D eigenvalue weighted by molar-refractivity contribution is -0.138. The van der Waals surface area contributed by atoms with Crippen LogP contribution in [0.2, 0.25) is 0 Å². The van der Waals surface area contributed by atoms with Gasteiger partial charge in [-0.05, 0) is 32.4 Å². The molecule has 1 aromatic carbocycles. The summed E-state index contributed by atoms with van der Waals surface area (Å²) in [5.41, 5.74) is -0.173. The zero-order valence-electron chi connectivity index (χ0n) is 14.6. The first-order chi connectivity index (χ1) is 12.3. The van der Waals surface area contributed by atoms with Crippen molar-refractivity contribution in [3.63, 3.8) is 0 Å². The fraction of sp³-hybridized carbons (Fsp3) is 0.444. The number of hydrogen-bond acceptors (Lipinski definition) is 4. The van der Waals surface area contributed by atoms with E-state index in [1.807, 2.05) is 13.8 Å². The second-order valence-electron chi connectivity index (χ2n) is 6.31. The van der Waals surface area contributed by atoms with Gasteiger partial charge in [0.1, 0.15) is 0 Å². The number of aryl methyl sites for hydroxylation is 2. The fourth-order valence-corrected chi connectivity index (χ4v) is 3.95. The van der Waals surface area contributed by atoms with Crippen LogP contribution in [0.3, 0.4) is 0 Å². The Morgan fingerprint density at radius 3 is 2.50 bits per heavy atom. The molecule has 0 saturated carbocycles. The predicted octanol–water partition coefficient (Wildman–Crippen LogP) is 4.13. The van der Waals surface area contributed by atoms with Crippen molar-refractivity contribution in [3.8, 4) is 0 Å². The second kappa shape index (κ2) is 7.26. The number of anilines is 1. The highest BCUT2D eigenvalue weighted by Gasteiger charge is 2.36. The summed E-state index contributed by atoms with van der Waals surface area (Å²) in [6.07, 6.45) is -3.85. The van der Waals surface area contributed by atoms with Gasteiger partial charge >= 0.3 is 6.18 Å². The monoisotopic (exact) mass is 383 g/mol. The molecule has 0 radical (unpaired) electrons. The van der Waals surface area contributed by atoms with Gasteiger partial charge < -0.3 is 9.80 Å². The number of alkyl halides is 3. The van der Waals surface area contributed by atoms with E-state index < -0.39 is 17.6 Å². The Labute approximate surface area is 154 Å². The first-order valence-corrected chi connectivity index (χ1v) is 9.23. The molecule has 0 aliphatic carbocycles. The molecule has 140 valence electrons. The van der Waals surface area contributed by atoms with Gasteiger partial charge in [0.25, 0.3) is 5.91 Å². The van der Waals surface area contributed by atoms with E-state index in [0.717, 1.165) is 28.3 Å². The predicted molar refractivity (Wildman–Crippen MR) is 95.8 cm³/mol. The normalized spacial score (nSPS) is 15.9. The van der Waals surface area contributed by atoms with Crippen LogP contribution in [0.5, 0.6) is 0 Å². The van der Waals surface area contributed by atoms with E-state index in [9.17, 15) is 18.0 Å². The van der Waals surface area contributed by atoms with Crippen molar-refractivity contribution < 1.29 is 18.0 Å². The average Bonchev–Trinajstić information content (AvgIpc) is 2.80. The van der Waals surface area contributed by atoms with E-state index in [4.69, 9.17) is 0 Å². The molecule has 1 aliphatic rings. The maximum Gasteiger partial charge on any atom is 0.417 e. The van der Waals surface area contributed by atoms with Gasteiger partial charge in [-0.25, -0.2) is 4.98 Å². The number of nitrogens with zero attached hydrogens (tertiary/aromatic N) is 3. The molecule has 3 rings (SSSR count). The third-order valence-electron chi connectivity index (χ3n) is 4.53. The van der Waals surface area contributed by atoms with E-state index in [1.165, 1.54) is 23.1 Å². The maximum atomic E-state index is 13.2. The fourth-order valence-electron chi connectivity index (χ4n) is 2.99. The molecule has 1 aliphatic heterocycles. The molecule has 4 nitrogen and oxygen atoms in total. The Kier molecular flexibility index (Phi) is 5.22. The lowest BCUT2D eigenvalue weighted by Crippen LogP contribution is -2.36. The van der Waals surface area contributed by atoms with Crippen molar-refractivity contribution in [2.45, 2.75) is 26.4 Å². The summed E-state index contributed by atoms with van der Waals surface area (Å²) in [7, 11) is 0. The van der Waals surface area contributed by atoms with Crippen molar-refractivity contribution in [1.29, 1.82) is 0 Å². The zero-order chi connectivity index (χ0) is 18.9. The van der Waals surface area contributed by atoms with E-state index >= 15 is 0 Å².